The maximum absolute atomic E-state index is 11.3. The molecule has 3 heteroatoms. The van der Waals surface area contributed by atoms with Crippen LogP contribution in [-0.2, 0) is 4.79 Å². The standard InChI is InChI=1S/C8H14N2O/c1-6(2)10-8(11)4-7(3)5-9-10/h5-7H,4H2,1-3H3. The second kappa shape index (κ2) is 3.03. The summed E-state index contributed by atoms with van der Waals surface area (Å²) in [5, 5.41) is 5.59. The van der Waals surface area contributed by atoms with Crippen molar-refractivity contribution in [2.24, 2.45) is 11.0 Å². The Labute approximate surface area is 67.1 Å². The number of carbonyl (C=O) groups is 1. The van der Waals surface area contributed by atoms with E-state index in [2.05, 4.69) is 5.10 Å². The first-order valence-corrected chi connectivity index (χ1v) is 3.97. The Morgan fingerprint density at radius 3 is 2.82 bits per heavy atom. The van der Waals surface area contributed by atoms with E-state index in [9.17, 15) is 4.79 Å². The first-order chi connectivity index (χ1) is 5.11. The first kappa shape index (κ1) is 8.24. The molecular weight excluding hydrogens is 140 g/mol. The van der Waals surface area contributed by atoms with Gasteiger partial charge in [0.1, 0.15) is 0 Å². The highest BCUT2D eigenvalue weighted by atomic mass is 16.2. The van der Waals surface area contributed by atoms with Crippen LogP contribution in [-0.4, -0.2) is 23.2 Å². The zero-order chi connectivity index (χ0) is 8.43. The van der Waals surface area contributed by atoms with Gasteiger partial charge in [0.2, 0.25) is 5.91 Å². The van der Waals surface area contributed by atoms with Crippen molar-refractivity contribution >= 4 is 12.1 Å². The molecule has 1 unspecified atom stereocenters. The second-order valence-corrected chi connectivity index (χ2v) is 3.28. The summed E-state index contributed by atoms with van der Waals surface area (Å²) in [4.78, 5) is 11.3. The van der Waals surface area contributed by atoms with E-state index in [0.29, 0.717) is 12.3 Å². The molecule has 0 radical (unpaired) electrons. The van der Waals surface area contributed by atoms with Crippen molar-refractivity contribution in [1.29, 1.82) is 0 Å². The Morgan fingerprint density at radius 1 is 1.73 bits per heavy atom. The fraction of sp³-hybridized carbons (Fsp3) is 0.750. The van der Waals surface area contributed by atoms with Crippen LogP contribution in [0.3, 0.4) is 0 Å². The molecule has 0 saturated heterocycles. The zero-order valence-electron chi connectivity index (χ0n) is 7.24. The monoisotopic (exact) mass is 154 g/mol. The van der Waals surface area contributed by atoms with E-state index in [4.69, 9.17) is 0 Å². The normalized spacial score (nSPS) is 24.9. The minimum Gasteiger partial charge on any atom is -0.273 e. The summed E-state index contributed by atoms with van der Waals surface area (Å²) in [6, 6.07) is 0.186. The lowest BCUT2D eigenvalue weighted by molar-refractivity contribution is -0.134. The molecule has 0 saturated carbocycles. The van der Waals surface area contributed by atoms with E-state index < -0.39 is 0 Å². The number of rotatable bonds is 1. The van der Waals surface area contributed by atoms with Gasteiger partial charge in [0, 0.05) is 24.6 Å². The minimum absolute atomic E-state index is 0.134. The fourth-order valence-corrected chi connectivity index (χ4v) is 1.09. The van der Waals surface area contributed by atoms with E-state index >= 15 is 0 Å². The molecule has 0 bridgehead atoms. The van der Waals surface area contributed by atoms with Crippen LogP contribution in [0.15, 0.2) is 5.10 Å². The third-order valence-electron chi connectivity index (χ3n) is 1.69. The quantitative estimate of drug-likeness (QED) is 0.559. The molecule has 11 heavy (non-hydrogen) atoms. The van der Waals surface area contributed by atoms with Gasteiger partial charge in [0.05, 0.1) is 0 Å². The maximum atomic E-state index is 11.3. The molecule has 0 aliphatic carbocycles. The molecule has 3 nitrogen and oxygen atoms in total. The molecule has 0 N–H and O–H groups in total. The van der Waals surface area contributed by atoms with E-state index in [0.717, 1.165) is 0 Å². The van der Waals surface area contributed by atoms with Gasteiger partial charge in [-0.25, -0.2) is 5.01 Å². The van der Waals surface area contributed by atoms with Crippen LogP contribution in [0.25, 0.3) is 0 Å². The lowest BCUT2D eigenvalue weighted by atomic mass is 10.1. The van der Waals surface area contributed by atoms with Gasteiger partial charge >= 0.3 is 0 Å². The summed E-state index contributed by atoms with van der Waals surface area (Å²) in [6.07, 6.45) is 2.43. The Kier molecular flexibility index (Phi) is 2.27. The first-order valence-electron chi connectivity index (χ1n) is 3.97. The average Bonchev–Trinajstić information content (AvgIpc) is 1.85. The molecule has 0 spiro atoms. The smallest absolute Gasteiger partial charge is 0.243 e. The van der Waals surface area contributed by atoms with Crippen LogP contribution in [0.2, 0.25) is 0 Å². The number of hydrogen-bond donors (Lipinski definition) is 0. The third kappa shape index (κ3) is 1.79. The van der Waals surface area contributed by atoms with Gasteiger partial charge in [-0.15, -0.1) is 0 Å². The third-order valence-corrected chi connectivity index (χ3v) is 1.69. The Morgan fingerprint density at radius 2 is 2.36 bits per heavy atom. The highest BCUT2D eigenvalue weighted by molar-refractivity contribution is 5.83. The van der Waals surface area contributed by atoms with Crippen LogP contribution < -0.4 is 0 Å². The number of carbonyl (C=O) groups excluding carboxylic acids is 1. The highest BCUT2D eigenvalue weighted by Gasteiger charge is 2.21. The van der Waals surface area contributed by atoms with Gasteiger partial charge in [-0.1, -0.05) is 6.92 Å². The van der Waals surface area contributed by atoms with Gasteiger partial charge in [-0.3, -0.25) is 4.79 Å². The van der Waals surface area contributed by atoms with Gasteiger partial charge in [0.25, 0.3) is 0 Å². The van der Waals surface area contributed by atoms with Crippen LogP contribution >= 0.6 is 0 Å². The number of hydrazone groups is 1. The van der Waals surface area contributed by atoms with Crippen LogP contribution in [0, 0.1) is 5.92 Å². The van der Waals surface area contributed by atoms with Crippen molar-refractivity contribution in [2.75, 3.05) is 0 Å². The number of nitrogens with zero attached hydrogens (tertiary/aromatic N) is 2. The molecular formula is C8H14N2O. The molecule has 0 aromatic rings. The van der Waals surface area contributed by atoms with Gasteiger partial charge in [-0.05, 0) is 13.8 Å². The van der Waals surface area contributed by atoms with E-state index in [-0.39, 0.29) is 11.9 Å². The topological polar surface area (TPSA) is 32.7 Å². The molecule has 62 valence electrons. The van der Waals surface area contributed by atoms with Crippen LogP contribution in [0.5, 0.6) is 0 Å². The fourth-order valence-electron chi connectivity index (χ4n) is 1.09. The lowest BCUT2D eigenvalue weighted by Gasteiger charge is -2.25. The molecule has 1 rings (SSSR count). The highest BCUT2D eigenvalue weighted by Crippen LogP contribution is 2.12. The van der Waals surface area contributed by atoms with Gasteiger partial charge in [0.15, 0.2) is 0 Å². The largest absolute Gasteiger partial charge is 0.273 e. The summed E-state index contributed by atoms with van der Waals surface area (Å²) >= 11 is 0. The zero-order valence-corrected chi connectivity index (χ0v) is 7.24. The maximum Gasteiger partial charge on any atom is 0.243 e. The van der Waals surface area contributed by atoms with Crippen molar-refractivity contribution in [3.63, 3.8) is 0 Å². The van der Waals surface area contributed by atoms with Crippen molar-refractivity contribution < 1.29 is 4.79 Å². The van der Waals surface area contributed by atoms with E-state index in [1.165, 1.54) is 0 Å². The summed E-state index contributed by atoms with van der Waals surface area (Å²) in [5.74, 6) is 0.438. The van der Waals surface area contributed by atoms with Gasteiger partial charge in [-0.2, -0.15) is 5.10 Å². The Balaban J connectivity index is 2.68. The average molecular weight is 154 g/mol. The summed E-state index contributed by atoms with van der Waals surface area (Å²) < 4.78 is 0. The Bertz CT molecular complexity index is 187. The molecule has 1 amide bonds. The molecule has 1 heterocycles. The number of amides is 1. The SMILES string of the molecule is CC1C=NN(C(C)C)C(=O)C1. The summed E-state index contributed by atoms with van der Waals surface area (Å²) in [5.41, 5.74) is 0. The molecule has 0 aromatic carbocycles. The second-order valence-electron chi connectivity index (χ2n) is 3.28. The summed E-state index contributed by atoms with van der Waals surface area (Å²) in [6.45, 7) is 5.93. The molecule has 0 aromatic heterocycles. The molecule has 1 aliphatic heterocycles. The minimum atomic E-state index is 0.134. The van der Waals surface area contributed by atoms with Crippen LogP contribution in [0.4, 0.5) is 0 Å². The predicted molar refractivity (Wildman–Crippen MR) is 44.3 cm³/mol. The predicted octanol–water partition coefficient (Wildman–Crippen LogP) is 1.25. The van der Waals surface area contributed by atoms with E-state index in [1.807, 2.05) is 27.0 Å². The van der Waals surface area contributed by atoms with Crippen molar-refractivity contribution in [3.05, 3.63) is 0 Å². The van der Waals surface area contributed by atoms with Gasteiger partial charge < -0.3 is 0 Å². The van der Waals surface area contributed by atoms with Crippen molar-refractivity contribution in [2.45, 2.75) is 33.2 Å². The molecule has 1 aliphatic rings. The molecule has 1 atom stereocenters. The van der Waals surface area contributed by atoms with Crippen LogP contribution in [0.1, 0.15) is 27.2 Å². The lowest BCUT2D eigenvalue weighted by Crippen LogP contribution is -2.36. The van der Waals surface area contributed by atoms with E-state index in [1.54, 1.807) is 5.01 Å². The molecule has 0 fully saturated rings. The number of hydrogen-bond acceptors (Lipinski definition) is 2. The van der Waals surface area contributed by atoms with Crippen molar-refractivity contribution in [3.8, 4) is 0 Å². The van der Waals surface area contributed by atoms with Crippen molar-refractivity contribution in [1.82, 2.24) is 5.01 Å². The summed E-state index contributed by atoms with van der Waals surface area (Å²) in [7, 11) is 0. The Hall–Kier alpha value is -0.860.